The summed E-state index contributed by atoms with van der Waals surface area (Å²) in [7, 11) is -4.12. The van der Waals surface area contributed by atoms with Gasteiger partial charge in [-0.05, 0) is 30.4 Å². The highest BCUT2D eigenvalue weighted by Crippen LogP contribution is 2.40. The maximum atomic E-state index is 13.5. The zero-order valence-electron chi connectivity index (χ0n) is 14.6. The first-order chi connectivity index (χ1) is 13.8. The molecule has 0 radical (unpaired) electrons. The molecule has 2 aromatic heterocycles. The first-order valence-electron chi connectivity index (χ1n) is 8.31. The number of anilines is 1. The van der Waals surface area contributed by atoms with Crippen molar-refractivity contribution < 1.29 is 8.42 Å². The van der Waals surface area contributed by atoms with Crippen LogP contribution >= 0.6 is 23.8 Å². The van der Waals surface area contributed by atoms with Crippen LogP contribution in [0.3, 0.4) is 0 Å². The Balaban J connectivity index is 2.26. The fraction of sp³-hybridized carbons (Fsp3) is 0. The van der Waals surface area contributed by atoms with Crippen LogP contribution in [0.4, 0.5) is 5.82 Å². The topological polar surface area (TPSA) is 122 Å². The highest BCUT2D eigenvalue weighted by Gasteiger charge is 2.30. The van der Waals surface area contributed by atoms with Crippen LogP contribution in [0.25, 0.3) is 22.2 Å². The summed E-state index contributed by atoms with van der Waals surface area (Å²) < 4.78 is 27.0. The van der Waals surface area contributed by atoms with Gasteiger partial charge in [-0.25, -0.2) is 13.4 Å². The normalized spacial score (nSPS) is 11.6. The van der Waals surface area contributed by atoms with Crippen LogP contribution in [0.1, 0.15) is 0 Å². The van der Waals surface area contributed by atoms with Crippen molar-refractivity contribution in [1.82, 2.24) is 15.0 Å². The number of benzene rings is 2. The van der Waals surface area contributed by atoms with E-state index in [4.69, 9.17) is 29.6 Å². The van der Waals surface area contributed by atoms with E-state index in [9.17, 15) is 13.2 Å². The van der Waals surface area contributed by atoms with Gasteiger partial charge in [0.1, 0.15) is 16.4 Å². The van der Waals surface area contributed by atoms with Gasteiger partial charge in [-0.3, -0.25) is 9.78 Å². The van der Waals surface area contributed by atoms with E-state index in [2.05, 4.69) is 15.0 Å². The maximum Gasteiger partial charge on any atom is 0.261 e. The van der Waals surface area contributed by atoms with Crippen LogP contribution in [-0.4, -0.2) is 23.4 Å². The molecule has 0 bridgehead atoms. The maximum absolute atomic E-state index is 13.5. The molecule has 0 aliphatic carbocycles. The van der Waals surface area contributed by atoms with Crippen LogP contribution in [0.15, 0.2) is 69.2 Å². The fourth-order valence-corrected chi connectivity index (χ4v) is 5.09. The van der Waals surface area contributed by atoms with E-state index in [1.165, 1.54) is 12.1 Å². The van der Waals surface area contributed by atoms with E-state index >= 15 is 0 Å². The van der Waals surface area contributed by atoms with Crippen LogP contribution in [0.2, 0.25) is 5.02 Å². The third-order valence-corrected chi connectivity index (χ3v) is 6.71. The van der Waals surface area contributed by atoms with Gasteiger partial charge in [-0.1, -0.05) is 48.0 Å². The van der Waals surface area contributed by atoms with Gasteiger partial charge in [0, 0.05) is 16.1 Å². The molecule has 7 nitrogen and oxygen atoms in total. The van der Waals surface area contributed by atoms with Crippen LogP contribution in [-0.2, 0) is 9.84 Å². The Morgan fingerprint density at radius 2 is 1.66 bits per heavy atom. The average Bonchev–Trinajstić information content (AvgIpc) is 2.67. The van der Waals surface area contributed by atoms with E-state index in [1.54, 1.807) is 42.5 Å². The number of nitrogens with two attached hydrogens (primary N) is 1. The third kappa shape index (κ3) is 3.23. The van der Waals surface area contributed by atoms with Crippen molar-refractivity contribution in [2.75, 3.05) is 5.73 Å². The standard InChI is InChI=1S/C19H13ClN4O3S2/c20-12-9-5-4-8-11(12)13-14-17(23-19(28)24-18(14)25)22-16(21)15(13)29(26,27)10-6-2-1-3-7-10/h1-9H,(H4,21,22,23,24,25,28). The Morgan fingerprint density at radius 1 is 1.00 bits per heavy atom. The van der Waals surface area contributed by atoms with E-state index in [0.717, 1.165) is 0 Å². The molecule has 0 amide bonds. The number of nitrogens with one attached hydrogen (secondary N) is 2. The van der Waals surface area contributed by atoms with E-state index in [-0.39, 0.29) is 42.0 Å². The Morgan fingerprint density at radius 3 is 2.34 bits per heavy atom. The van der Waals surface area contributed by atoms with Gasteiger partial charge >= 0.3 is 0 Å². The van der Waals surface area contributed by atoms with E-state index < -0.39 is 15.4 Å². The summed E-state index contributed by atoms with van der Waals surface area (Å²) in [5.74, 6) is -0.271. The predicted octanol–water partition coefficient (Wildman–Crippen LogP) is 3.72. The number of halogens is 1. The number of sulfone groups is 1. The van der Waals surface area contributed by atoms with Crippen molar-refractivity contribution in [2.45, 2.75) is 9.79 Å². The zero-order valence-corrected chi connectivity index (χ0v) is 17.0. The summed E-state index contributed by atoms with van der Waals surface area (Å²) in [5, 5.41) is 0.251. The second kappa shape index (κ2) is 7.11. The van der Waals surface area contributed by atoms with Gasteiger partial charge in [-0.2, -0.15) is 0 Å². The summed E-state index contributed by atoms with van der Waals surface area (Å²) in [5.41, 5.74) is 5.96. The number of pyridine rings is 1. The Bertz CT molecular complexity index is 1480. The lowest BCUT2D eigenvalue weighted by molar-refractivity contribution is 0.596. The summed E-state index contributed by atoms with van der Waals surface area (Å²) in [6.45, 7) is 0. The summed E-state index contributed by atoms with van der Waals surface area (Å²) in [6, 6.07) is 14.4. The van der Waals surface area contributed by atoms with E-state index in [0.29, 0.717) is 5.56 Å². The Hall–Kier alpha value is -3.01. The summed E-state index contributed by atoms with van der Waals surface area (Å²) in [6.07, 6.45) is 0. The summed E-state index contributed by atoms with van der Waals surface area (Å²) in [4.78, 5) is 21.8. The molecule has 0 atom stereocenters. The first kappa shape index (κ1) is 19.3. The molecule has 4 N–H and O–H groups in total. The second-order valence-electron chi connectivity index (χ2n) is 6.13. The van der Waals surface area contributed by atoms with Crippen LogP contribution in [0.5, 0.6) is 0 Å². The number of nitrogens with zero attached hydrogens (tertiary/aromatic N) is 1. The SMILES string of the molecule is Nc1nc2[nH]c(=S)[nH]c(=O)c2c(-c2ccccc2Cl)c1S(=O)(=O)c1ccccc1. The van der Waals surface area contributed by atoms with Crippen molar-refractivity contribution in [3.8, 4) is 11.1 Å². The van der Waals surface area contributed by atoms with Crippen molar-refractivity contribution >= 4 is 50.5 Å². The minimum absolute atomic E-state index is 0.00425. The quantitative estimate of drug-likeness (QED) is 0.414. The molecule has 0 unspecified atom stereocenters. The first-order valence-corrected chi connectivity index (χ1v) is 10.6. The van der Waals surface area contributed by atoms with Gasteiger partial charge in [0.05, 0.1) is 10.3 Å². The lowest BCUT2D eigenvalue weighted by Crippen LogP contribution is -2.16. The van der Waals surface area contributed by atoms with Crippen molar-refractivity contribution in [3.63, 3.8) is 0 Å². The lowest BCUT2D eigenvalue weighted by Gasteiger charge is -2.16. The highest BCUT2D eigenvalue weighted by molar-refractivity contribution is 7.91. The number of hydrogen-bond donors (Lipinski definition) is 3. The molecule has 4 rings (SSSR count). The molecule has 146 valence electrons. The number of rotatable bonds is 3. The molecular formula is C19H13ClN4O3S2. The molecule has 0 saturated heterocycles. The van der Waals surface area contributed by atoms with Gasteiger partial charge in [0.25, 0.3) is 5.56 Å². The Labute approximate surface area is 175 Å². The molecule has 0 saturated carbocycles. The molecular weight excluding hydrogens is 432 g/mol. The van der Waals surface area contributed by atoms with Gasteiger partial charge in [0.15, 0.2) is 4.77 Å². The Kier molecular flexibility index (Phi) is 4.73. The third-order valence-electron chi connectivity index (χ3n) is 4.33. The van der Waals surface area contributed by atoms with Gasteiger partial charge in [-0.15, -0.1) is 0 Å². The zero-order chi connectivity index (χ0) is 20.8. The smallest absolute Gasteiger partial charge is 0.261 e. The minimum Gasteiger partial charge on any atom is -0.383 e. The van der Waals surface area contributed by atoms with Gasteiger partial charge < -0.3 is 10.7 Å². The molecule has 10 heteroatoms. The van der Waals surface area contributed by atoms with Crippen LogP contribution in [0, 0.1) is 4.77 Å². The van der Waals surface area contributed by atoms with Crippen molar-refractivity contribution in [3.05, 3.63) is 74.7 Å². The molecule has 2 heterocycles. The molecule has 0 aliphatic heterocycles. The average molecular weight is 445 g/mol. The fourth-order valence-electron chi connectivity index (χ4n) is 3.11. The largest absolute Gasteiger partial charge is 0.383 e. The van der Waals surface area contributed by atoms with Crippen LogP contribution < -0.4 is 11.3 Å². The number of H-pyrrole nitrogens is 2. The van der Waals surface area contributed by atoms with Crippen molar-refractivity contribution in [1.29, 1.82) is 0 Å². The number of hydrogen-bond acceptors (Lipinski definition) is 6. The number of aromatic amines is 2. The molecule has 0 fully saturated rings. The monoisotopic (exact) mass is 444 g/mol. The van der Waals surface area contributed by atoms with Gasteiger partial charge in [0.2, 0.25) is 9.84 Å². The highest BCUT2D eigenvalue weighted by atomic mass is 35.5. The minimum atomic E-state index is -4.12. The number of fused-ring (bicyclic) bond motifs is 1. The molecule has 4 aromatic rings. The molecule has 0 aliphatic rings. The second-order valence-corrected chi connectivity index (χ2v) is 8.83. The lowest BCUT2D eigenvalue weighted by atomic mass is 10.0. The van der Waals surface area contributed by atoms with E-state index in [1.807, 2.05) is 0 Å². The van der Waals surface area contributed by atoms with Crippen molar-refractivity contribution in [2.24, 2.45) is 0 Å². The summed E-state index contributed by atoms with van der Waals surface area (Å²) >= 11 is 11.4. The number of aromatic nitrogens is 3. The molecule has 29 heavy (non-hydrogen) atoms. The molecule has 0 spiro atoms. The predicted molar refractivity (Wildman–Crippen MR) is 114 cm³/mol. The number of nitrogen functional groups attached to an aromatic ring is 1. The molecule has 2 aromatic carbocycles.